The van der Waals surface area contributed by atoms with Crippen LogP contribution >= 0.6 is 0 Å². The predicted molar refractivity (Wildman–Crippen MR) is 139 cm³/mol. The molecule has 5 rings (SSSR count). The SMILES string of the molecule is CCOC(=O)C1=C(Nc2ccc(CN3CCC(O)CC3)cc2C)OC(=Cc2c[nH]c3ncccc23)C1=O. The minimum absolute atomic E-state index is 0.0249. The standard InChI is InChI=1S/C28H30N4O5/c1-3-36-28(35)24-25(34)23(14-19-15-30-26-21(19)5-4-10-29-26)37-27(24)31-22-7-6-18(13-17(22)2)16-32-11-8-20(33)9-12-32/h4-7,10,13-15,20,31,33H,3,8-9,11-12,16H2,1-2H3,(H,29,30). The summed E-state index contributed by atoms with van der Waals surface area (Å²) in [6.07, 6.45) is 6.40. The van der Waals surface area contributed by atoms with Gasteiger partial charge in [0.15, 0.2) is 11.3 Å². The smallest absolute Gasteiger partial charge is 0.347 e. The number of nitrogens with one attached hydrogen (secondary N) is 2. The van der Waals surface area contributed by atoms with E-state index in [1.807, 2.05) is 31.2 Å². The Balaban J connectivity index is 1.38. The number of aryl methyl sites for hydroxylation is 1. The second-order valence-electron chi connectivity index (χ2n) is 9.29. The molecule has 0 radical (unpaired) electrons. The fraction of sp³-hybridized carbons (Fsp3) is 0.321. The summed E-state index contributed by atoms with van der Waals surface area (Å²) in [7, 11) is 0. The van der Waals surface area contributed by atoms with Crippen LogP contribution in [0.4, 0.5) is 5.69 Å². The number of nitrogens with zero attached hydrogens (tertiary/aromatic N) is 2. The summed E-state index contributed by atoms with van der Waals surface area (Å²) in [5.41, 5.74) is 4.06. The van der Waals surface area contributed by atoms with Crippen LogP contribution in [-0.2, 0) is 25.6 Å². The molecule has 0 saturated carbocycles. The Hall–Kier alpha value is -3.95. The highest BCUT2D eigenvalue weighted by Crippen LogP contribution is 2.31. The summed E-state index contributed by atoms with van der Waals surface area (Å²) in [4.78, 5) is 35.6. The van der Waals surface area contributed by atoms with Gasteiger partial charge < -0.3 is 24.9 Å². The molecule has 3 N–H and O–H groups in total. The number of ketones is 1. The Bertz CT molecular complexity index is 1400. The van der Waals surface area contributed by atoms with Crippen molar-refractivity contribution in [3.63, 3.8) is 0 Å². The van der Waals surface area contributed by atoms with Crippen molar-refractivity contribution < 1.29 is 24.2 Å². The highest BCUT2D eigenvalue weighted by molar-refractivity contribution is 6.26. The van der Waals surface area contributed by atoms with E-state index in [1.54, 1.807) is 25.4 Å². The van der Waals surface area contributed by atoms with E-state index < -0.39 is 11.8 Å². The summed E-state index contributed by atoms with van der Waals surface area (Å²) >= 11 is 0. The van der Waals surface area contributed by atoms with Gasteiger partial charge in [0.2, 0.25) is 11.7 Å². The van der Waals surface area contributed by atoms with Crippen molar-refractivity contribution in [2.24, 2.45) is 0 Å². The minimum Gasteiger partial charge on any atom is -0.462 e. The number of hydrogen-bond donors (Lipinski definition) is 3. The van der Waals surface area contributed by atoms with E-state index >= 15 is 0 Å². The van der Waals surface area contributed by atoms with Gasteiger partial charge in [0.05, 0.1) is 12.7 Å². The lowest BCUT2D eigenvalue weighted by Crippen LogP contribution is -2.35. The number of carbonyl (C=O) groups is 2. The van der Waals surface area contributed by atoms with E-state index in [2.05, 4.69) is 26.3 Å². The van der Waals surface area contributed by atoms with E-state index in [4.69, 9.17) is 9.47 Å². The van der Waals surface area contributed by atoms with Crippen molar-refractivity contribution in [1.29, 1.82) is 0 Å². The van der Waals surface area contributed by atoms with Crippen LogP contribution in [0.1, 0.15) is 36.5 Å². The number of carbonyl (C=O) groups excluding carboxylic acids is 2. The molecule has 0 bridgehead atoms. The van der Waals surface area contributed by atoms with Gasteiger partial charge in [-0.15, -0.1) is 0 Å². The van der Waals surface area contributed by atoms with Gasteiger partial charge in [0.25, 0.3) is 0 Å². The van der Waals surface area contributed by atoms with Crippen LogP contribution in [0.15, 0.2) is 59.9 Å². The van der Waals surface area contributed by atoms with E-state index in [1.165, 1.54) is 0 Å². The van der Waals surface area contributed by atoms with Crippen molar-refractivity contribution in [2.45, 2.75) is 39.3 Å². The van der Waals surface area contributed by atoms with Crippen LogP contribution in [0.3, 0.4) is 0 Å². The number of allylic oxidation sites excluding steroid dienone is 1. The minimum atomic E-state index is -0.736. The van der Waals surface area contributed by atoms with Crippen molar-refractivity contribution in [2.75, 3.05) is 25.0 Å². The number of pyridine rings is 1. The zero-order chi connectivity index (χ0) is 25.9. The van der Waals surface area contributed by atoms with Crippen LogP contribution in [0.2, 0.25) is 0 Å². The summed E-state index contributed by atoms with van der Waals surface area (Å²) in [6.45, 7) is 6.32. The van der Waals surface area contributed by atoms with Crippen LogP contribution < -0.4 is 5.32 Å². The third-order valence-corrected chi connectivity index (χ3v) is 6.64. The Kier molecular flexibility index (Phi) is 7.07. The zero-order valence-electron chi connectivity index (χ0n) is 20.9. The second-order valence-corrected chi connectivity index (χ2v) is 9.29. The number of anilines is 1. The Morgan fingerprint density at radius 2 is 2.14 bits per heavy atom. The molecule has 0 amide bonds. The predicted octanol–water partition coefficient (Wildman–Crippen LogP) is 3.66. The van der Waals surface area contributed by atoms with Gasteiger partial charge in [-0.1, -0.05) is 12.1 Å². The molecular formula is C28H30N4O5. The first kappa shape index (κ1) is 24.7. The first-order chi connectivity index (χ1) is 17.9. The number of aliphatic hydroxyl groups excluding tert-OH is 1. The van der Waals surface area contributed by atoms with Crippen molar-refractivity contribution >= 4 is 34.5 Å². The number of H-pyrrole nitrogens is 1. The molecule has 2 aromatic heterocycles. The summed E-state index contributed by atoms with van der Waals surface area (Å²) in [6, 6.07) is 9.70. The van der Waals surface area contributed by atoms with Crippen LogP contribution in [0.5, 0.6) is 0 Å². The molecular weight excluding hydrogens is 472 g/mol. The molecule has 192 valence electrons. The lowest BCUT2D eigenvalue weighted by atomic mass is 10.1. The monoisotopic (exact) mass is 502 g/mol. The average Bonchev–Trinajstić information content (AvgIpc) is 3.43. The third kappa shape index (κ3) is 5.28. The number of hydrogen-bond acceptors (Lipinski definition) is 8. The maximum Gasteiger partial charge on any atom is 0.347 e. The van der Waals surface area contributed by atoms with Gasteiger partial charge in [0, 0.05) is 48.7 Å². The first-order valence-corrected chi connectivity index (χ1v) is 12.5. The molecule has 2 aliphatic heterocycles. The Labute approximate surface area is 214 Å². The summed E-state index contributed by atoms with van der Waals surface area (Å²) in [5.74, 6) is -1.20. The number of esters is 1. The molecule has 2 aliphatic rings. The molecule has 9 nitrogen and oxygen atoms in total. The van der Waals surface area contributed by atoms with Crippen LogP contribution in [0, 0.1) is 6.92 Å². The van der Waals surface area contributed by atoms with E-state index in [-0.39, 0.29) is 29.9 Å². The lowest BCUT2D eigenvalue weighted by Gasteiger charge is -2.29. The van der Waals surface area contributed by atoms with Crippen molar-refractivity contribution in [3.8, 4) is 0 Å². The lowest BCUT2D eigenvalue weighted by molar-refractivity contribution is -0.139. The highest BCUT2D eigenvalue weighted by atomic mass is 16.5. The van der Waals surface area contributed by atoms with Gasteiger partial charge in [0.1, 0.15) is 5.65 Å². The summed E-state index contributed by atoms with van der Waals surface area (Å²) in [5, 5.41) is 13.7. The Morgan fingerprint density at radius 1 is 1.32 bits per heavy atom. The van der Waals surface area contributed by atoms with E-state index in [9.17, 15) is 14.7 Å². The fourth-order valence-electron chi connectivity index (χ4n) is 4.67. The van der Waals surface area contributed by atoms with Crippen molar-refractivity contribution in [3.05, 3.63) is 76.6 Å². The number of Topliss-reactive ketones (excluding diaryl/α,β-unsaturated/α-hetero) is 1. The number of piperidine rings is 1. The van der Waals surface area contributed by atoms with Gasteiger partial charge in [-0.3, -0.25) is 9.69 Å². The van der Waals surface area contributed by atoms with Crippen LogP contribution in [-0.4, -0.2) is 57.5 Å². The largest absolute Gasteiger partial charge is 0.462 e. The number of likely N-dealkylation sites (tertiary alicyclic amines) is 1. The van der Waals surface area contributed by atoms with Crippen molar-refractivity contribution in [1.82, 2.24) is 14.9 Å². The quantitative estimate of drug-likeness (QED) is 0.255. The Morgan fingerprint density at radius 3 is 2.89 bits per heavy atom. The molecule has 1 fully saturated rings. The molecule has 1 aromatic carbocycles. The number of benzene rings is 1. The zero-order valence-corrected chi connectivity index (χ0v) is 20.9. The maximum atomic E-state index is 13.2. The average molecular weight is 503 g/mol. The van der Waals surface area contributed by atoms with Crippen LogP contribution in [0.25, 0.3) is 17.1 Å². The fourth-order valence-corrected chi connectivity index (χ4v) is 4.67. The number of aliphatic hydroxyl groups is 1. The number of ether oxygens (including phenoxy) is 2. The van der Waals surface area contributed by atoms with Gasteiger partial charge in [-0.25, -0.2) is 9.78 Å². The topological polar surface area (TPSA) is 117 Å². The molecule has 1 saturated heterocycles. The first-order valence-electron chi connectivity index (χ1n) is 12.5. The third-order valence-electron chi connectivity index (χ3n) is 6.64. The van der Waals surface area contributed by atoms with Gasteiger partial charge in [-0.2, -0.15) is 0 Å². The number of fused-ring (bicyclic) bond motifs is 1. The number of aromatic amines is 1. The molecule has 0 aliphatic carbocycles. The van der Waals surface area contributed by atoms with Gasteiger partial charge in [-0.05, 0) is 62.1 Å². The van der Waals surface area contributed by atoms with E-state index in [0.717, 1.165) is 60.2 Å². The molecule has 4 heterocycles. The molecule has 9 heteroatoms. The molecule has 0 unspecified atom stereocenters. The number of aromatic nitrogens is 2. The van der Waals surface area contributed by atoms with Gasteiger partial charge >= 0.3 is 5.97 Å². The normalized spacial score (nSPS) is 18.0. The second kappa shape index (κ2) is 10.6. The molecule has 3 aromatic rings. The molecule has 0 spiro atoms. The maximum absolute atomic E-state index is 13.2. The number of rotatable bonds is 7. The molecule has 0 atom stereocenters. The highest BCUT2D eigenvalue weighted by Gasteiger charge is 2.37. The molecule has 37 heavy (non-hydrogen) atoms. The summed E-state index contributed by atoms with van der Waals surface area (Å²) < 4.78 is 11.1. The van der Waals surface area contributed by atoms with E-state index in [0.29, 0.717) is 5.65 Å².